The topological polar surface area (TPSA) is 67.0 Å². The van der Waals surface area contributed by atoms with Crippen molar-refractivity contribution in [2.24, 2.45) is 10.7 Å². The van der Waals surface area contributed by atoms with E-state index in [2.05, 4.69) is 26.7 Å². The Hall–Kier alpha value is -1.34. The van der Waals surface area contributed by atoms with Gasteiger partial charge in [-0.15, -0.1) is 11.3 Å². The van der Waals surface area contributed by atoms with Crippen molar-refractivity contribution in [1.82, 2.24) is 9.88 Å². The molecule has 2 rings (SSSR count). The number of piperazine rings is 1. The van der Waals surface area contributed by atoms with Crippen LogP contribution in [0.1, 0.15) is 26.2 Å². The Balaban J connectivity index is 1.62. The van der Waals surface area contributed by atoms with Crippen LogP contribution >= 0.6 is 11.3 Å². The second kappa shape index (κ2) is 9.63. The first-order valence-corrected chi connectivity index (χ1v) is 8.96. The molecule has 0 amide bonds. The number of nitrogens with two attached hydrogens (primary N) is 1. The molecule has 2 N–H and O–H groups in total. The highest BCUT2D eigenvalue weighted by molar-refractivity contribution is 7.13. The van der Waals surface area contributed by atoms with Crippen LogP contribution < -0.4 is 10.6 Å². The maximum absolute atomic E-state index is 6.08. The third-order valence-electron chi connectivity index (χ3n) is 3.66. The van der Waals surface area contributed by atoms with Gasteiger partial charge in [-0.2, -0.15) is 0 Å². The molecule has 124 valence electrons. The molecule has 0 radical (unpaired) electrons. The van der Waals surface area contributed by atoms with Gasteiger partial charge in [-0.1, -0.05) is 13.3 Å². The van der Waals surface area contributed by atoms with Gasteiger partial charge in [-0.25, -0.2) is 4.98 Å². The van der Waals surface area contributed by atoms with Crippen LogP contribution in [0.4, 0.5) is 5.13 Å². The summed E-state index contributed by atoms with van der Waals surface area (Å²) in [5.41, 5.74) is 6.08. The Morgan fingerprint density at radius 1 is 1.32 bits per heavy atom. The Morgan fingerprint density at radius 2 is 2.09 bits per heavy atom. The minimum Gasteiger partial charge on any atom is -0.381 e. The predicted octanol–water partition coefficient (Wildman–Crippen LogP) is 1.79. The number of aromatic nitrogens is 1. The quantitative estimate of drug-likeness (QED) is 0.448. The fourth-order valence-corrected chi connectivity index (χ4v) is 3.00. The lowest BCUT2D eigenvalue weighted by Gasteiger charge is -2.35. The number of hydrogen-bond acceptors (Lipinski definition) is 5. The van der Waals surface area contributed by atoms with E-state index < -0.39 is 0 Å². The highest BCUT2D eigenvalue weighted by Crippen LogP contribution is 2.18. The van der Waals surface area contributed by atoms with Crippen LogP contribution in [-0.2, 0) is 4.74 Å². The predicted molar refractivity (Wildman–Crippen MR) is 92.7 cm³/mol. The average Bonchev–Trinajstić information content (AvgIpc) is 3.08. The lowest BCUT2D eigenvalue weighted by Crippen LogP contribution is -2.51. The number of hydrogen-bond donors (Lipinski definition) is 1. The molecule has 2 heterocycles. The van der Waals surface area contributed by atoms with Gasteiger partial charge in [-0.3, -0.25) is 4.99 Å². The smallest absolute Gasteiger partial charge is 0.191 e. The molecule has 1 fully saturated rings. The van der Waals surface area contributed by atoms with Gasteiger partial charge in [0.15, 0.2) is 11.1 Å². The highest BCUT2D eigenvalue weighted by Gasteiger charge is 2.19. The molecule has 0 atom stereocenters. The van der Waals surface area contributed by atoms with Crippen LogP contribution in [0.15, 0.2) is 16.6 Å². The second-order valence-corrected chi connectivity index (χ2v) is 6.22. The van der Waals surface area contributed by atoms with Crippen LogP contribution in [0, 0.1) is 0 Å². The van der Waals surface area contributed by atoms with Gasteiger partial charge >= 0.3 is 0 Å². The van der Waals surface area contributed by atoms with E-state index in [-0.39, 0.29) is 0 Å². The summed E-state index contributed by atoms with van der Waals surface area (Å²) in [5.74, 6) is 0.660. The number of rotatable bonds is 8. The lowest BCUT2D eigenvalue weighted by molar-refractivity contribution is 0.130. The molecule has 0 spiro atoms. The Kier molecular flexibility index (Phi) is 7.45. The van der Waals surface area contributed by atoms with Crippen molar-refractivity contribution in [3.8, 4) is 0 Å². The number of aliphatic imine (C=N–C) groups is 1. The fraction of sp³-hybridized carbons (Fsp3) is 0.733. The summed E-state index contributed by atoms with van der Waals surface area (Å²) >= 11 is 1.68. The van der Waals surface area contributed by atoms with Gasteiger partial charge in [0.25, 0.3) is 0 Å². The Bertz CT molecular complexity index is 429. The van der Waals surface area contributed by atoms with E-state index in [1.165, 1.54) is 6.42 Å². The molecule has 22 heavy (non-hydrogen) atoms. The van der Waals surface area contributed by atoms with Gasteiger partial charge in [-0.05, 0) is 12.8 Å². The van der Waals surface area contributed by atoms with Gasteiger partial charge in [0.2, 0.25) is 0 Å². The van der Waals surface area contributed by atoms with E-state index >= 15 is 0 Å². The van der Waals surface area contributed by atoms with Crippen molar-refractivity contribution in [2.75, 3.05) is 50.8 Å². The van der Waals surface area contributed by atoms with E-state index in [1.807, 2.05) is 11.6 Å². The summed E-state index contributed by atoms with van der Waals surface area (Å²) in [6, 6.07) is 0. The van der Waals surface area contributed by atoms with Crippen molar-refractivity contribution in [1.29, 1.82) is 0 Å². The van der Waals surface area contributed by atoms with Crippen molar-refractivity contribution in [3.05, 3.63) is 11.6 Å². The average molecular weight is 325 g/mol. The molecule has 7 heteroatoms. The summed E-state index contributed by atoms with van der Waals surface area (Å²) < 4.78 is 5.52. The van der Waals surface area contributed by atoms with Crippen LogP contribution in [-0.4, -0.2) is 61.8 Å². The number of guanidine groups is 1. The Morgan fingerprint density at radius 3 is 2.77 bits per heavy atom. The molecular weight excluding hydrogens is 298 g/mol. The number of ether oxygens (including phenoxy) is 1. The minimum atomic E-state index is 0.660. The van der Waals surface area contributed by atoms with Crippen molar-refractivity contribution in [2.45, 2.75) is 26.2 Å². The molecule has 1 aliphatic heterocycles. The zero-order chi connectivity index (χ0) is 15.6. The summed E-state index contributed by atoms with van der Waals surface area (Å²) in [7, 11) is 0. The van der Waals surface area contributed by atoms with Crippen LogP contribution in [0.5, 0.6) is 0 Å². The molecule has 0 aliphatic carbocycles. The molecule has 0 bridgehead atoms. The molecule has 1 aromatic rings. The molecule has 0 saturated carbocycles. The van der Waals surface area contributed by atoms with Crippen molar-refractivity contribution < 1.29 is 4.74 Å². The number of anilines is 1. The van der Waals surface area contributed by atoms with E-state index in [4.69, 9.17) is 10.5 Å². The largest absolute Gasteiger partial charge is 0.381 e. The summed E-state index contributed by atoms with van der Waals surface area (Å²) in [6.07, 6.45) is 5.10. The van der Waals surface area contributed by atoms with Gasteiger partial charge in [0, 0.05) is 57.5 Å². The maximum atomic E-state index is 6.08. The van der Waals surface area contributed by atoms with Crippen LogP contribution in [0.3, 0.4) is 0 Å². The van der Waals surface area contributed by atoms with Crippen molar-refractivity contribution in [3.63, 3.8) is 0 Å². The first-order valence-electron chi connectivity index (χ1n) is 8.08. The third kappa shape index (κ3) is 5.46. The van der Waals surface area contributed by atoms with Gasteiger partial charge < -0.3 is 20.3 Å². The molecule has 1 saturated heterocycles. The van der Waals surface area contributed by atoms with E-state index in [9.17, 15) is 0 Å². The normalized spacial score (nSPS) is 16.3. The lowest BCUT2D eigenvalue weighted by atomic mass is 10.3. The monoisotopic (exact) mass is 325 g/mol. The molecule has 0 aromatic carbocycles. The number of thiazole rings is 1. The molecule has 6 nitrogen and oxygen atoms in total. The van der Waals surface area contributed by atoms with Crippen molar-refractivity contribution >= 4 is 22.4 Å². The zero-order valence-corrected chi connectivity index (χ0v) is 14.2. The minimum absolute atomic E-state index is 0.660. The zero-order valence-electron chi connectivity index (χ0n) is 13.4. The number of unbranched alkanes of at least 4 members (excludes halogenated alkanes) is 1. The number of nitrogens with zero attached hydrogens (tertiary/aromatic N) is 4. The second-order valence-electron chi connectivity index (χ2n) is 5.35. The van der Waals surface area contributed by atoms with E-state index in [1.54, 1.807) is 11.3 Å². The van der Waals surface area contributed by atoms with Crippen LogP contribution in [0.2, 0.25) is 0 Å². The maximum Gasteiger partial charge on any atom is 0.191 e. The molecular formula is C15H27N5OS. The first-order chi connectivity index (χ1) is 10.8. The van der Waals surface area contributed by atoms with Crippen LogP contribution in [0.25, 0.3) is 0 Å². The summed E-state index contributed by atoms with van der Waals surface area (Å²) in [6.45, 7) is 8.24. The fourth-order valence-electron chi connectivity index (χ4n) is 2.31. The van der Waals surface area contributed by atoms with E-state index in [0.717, 1.165) is 63.9 Å². The first kappa shape index (κ1) is 17.0. The third-order valence-corrected chi connectivity index (χ3v) is 4.49. The summed E-state index contributed by atoms with van der Waals surface area (Å²) in [4.78, 5) is 13.3. The molecule has 1 aliphatic rings. The SMILES string of the molecule is CCCCOCCCN=C(N)N1CCN(c2nccs2)CC1. The van der Waals surface area contributed by atoms with Gasteiger partial charge in [0.05, 0.1) is 0 Å². The van der Waals surface area contributed by atoms with E-state index in [0.29, 0.717) is 5.96 Å². The molecule has 1 aromatic heterocycles. The molecule has 0 unspecified atom stereocenters. The van der Waals surface area contributed by atoms with Gasteiger partial charge in [0.1, 0.15) is 0 Å². The summed E-state index contributed by atoms with van der Waals surface area (Å²) in [5, 5.41) is 3.11. The standard InChI is InChI=1S/C15H27N5OS/c1-2-3-11-21-12-4-5-17-14(16)19-7-9-20(10-8-19)15-18-6-13-22-15/h6,13H,2-5,7-12H2,1H3,(H2,16,17). The Labute approximate surface area is 137 Å². The highest BCUT2D eigenvalue weighted by atomic mass is 32.1.